The molecule has 0 unspecified atom stereocenters. The predicted molar refractivity (Wildman–Crippen MR) is 77.2 cm³/mol. The van der Waals surface area contributed by atoms with E-state index in [1.165, 1.54) is 0 Å². The fourth-order valence-corrected chi connectivity index (χ4v) is 2.01. The molecule has 0 radical (unpaired) electrons. The molecule has 0 fully saturated rings. The first kappa shape index (κ1) is 12.9. The minimum Gasteiger partial charge on any atom is -0.497 e. The van der Waals surface area contributed by atoms with Crippen LogP contribution < -0.4 is 15.8 Å². The van der Waals surface area contributed by atoms with Crippen LogP contribution in [0.4, 0.5) is 17.1 Å². The van der Waals surface area contributed by atoms with Gasteiger partial charge in [0.2, 0.25) is 0 Å². The average Bonchev–Trinajstić information content (AvgIpc) is 2.36. The molecule has 5 heteroatoms. The molecule has 0 saturated heterocycles. The number of nitrogen functional groups attached to an aromatic ring is 1. The fraction of sp³-hybridized carbons (Fsp3) is 0.0769. The van der Waals surface area contributed by atoms with Gasteiger partial charge < -0.3 is 15.8 Å². The van der Waals surface area contributed by atoms with Gasteiger partial charge in [-0.2, -0.15) is 0 Å². The molecule has 0 atom stereocenters. The van der Waals surface area contributed by atoms with Crippen LogP contribution in [0.1, 0.15) is 0 Å². The van der Waals surface area contributed by atoms with Crippen molar-refractivity contribution in [1.29, 1.82) is 0 Å². The summed E-state index contributed by atoms with van der Waals surface area (Å²) in [5.41, 5.74) is 7.80. The van der Waals surface area contributed by atoms with E-state index in [0.29, 0.717) is 32.9 Å². The minimum atomic E-state index is 0.532. The van der Waals surface area contributed by atoms with E-state index < -0.39 is 0 Å². The average molecular weight is 283 g/mol. The van der Waals surface area contributed by atoms with Crippen LogP contribution in [0.15, 0.2) is 36.4 Å². The molecule has 0 aliphatic carbocycles. The third-order valence-corrected chi connectivity index (χ3v) is 3.11. The quantitative estimate of drug-likeness (QED) is 0.824. The largest absolute Gasteiger partial charge is 0.497 e. The van der Waals surface area contributed by atoms with E-state index in [2.05, 4.69) is 5.32 Å². The van der Waals surface area contributed by atoms with Crippen LogP contribution in [0.5, 0.6) is 5.75 Å². The smallest absolute Gasteiger partial charge is 0.121 e. The van der Waals surface area contributed by atoms with Gasteiger partial charge in [0.15, 0.2) is 0 Å². The molecule has 3 nitrogen and oxygen atoms in total. The lowest BCUT2D eigenvalue weighted by Gasteiger charge is -2.13. The van der Waals surface area contributed by atoms with Crippen molar-refractivity contribution >= 4 is 40.3 Å². The van der Waals surface area contributed by atoms with Gasteiger partial charge in [-0.3, -0.25) is 0 Å². The molecule has 0 aliphatic heterocycles. The Labute approximate surface area is 115 Å². The third kappa shape index (κ3) is 2.63. The summed E-state index contributed by atoms with van der Waals surface area (Å²) in [6.07, 6.45) is 0. The van der Waals surface area contributed by atoms with Crippen LogP contribution in [0, 0.1) is 0 Å². The monoisotopic (exact) mass is 282 g/mol. The number of nitrogens with one attached hydrogen (secondary N) is 1. The lowest BCUT2D eigenvalue weighted by atomic mass is 10.2. The number of halogens is 2. The first-order valence-electron chi connectivity index (χ1n) is 5.26. The molecule has 18 heavy (non-hydrogen) atoms. The van der Waals surface area contributed by atoms with Gasteiger partial charge in [-0.05, 0) is 24.3 Å². The van der Waals surface area contributed by atoms with Gasteiger partial charge in [0.1, 0.15) is 5.75 Å². The molecule has 94 valence electrons. The second-order valence-corrected chi connectivity index (χ2v) is 4.49. The zero-order valence-corrected chi connectivity index (χ0v) is 11.2. The Morgan fingerprint density at radius 2 is 1.78 bits per heavy atom. The number of methoxy groups -OCH3 is 1. The SMILES string of the molecule is COc1ccc(N)c(Nc2c(Cl)cccc2Cl)c1. The summed E-state index contributed by atoms with van der Waals surface area (Å²) in [7, 11) is 1.60. The molecule has 0 aliphatic rings. The van der Waals surface area contributed by atoms with Gasteiger partial charge in [0.05, 0.1) is 34.2 Å². The lowest BCUT2D eigenvalue weighted by Crippen LogP contribution is -1.98. The van der Waals surface area contributed by atoms with Crippen molar-refractivity contribution < 1.29 is 4.74 Å². The third-order valence-electron chi connectivity index (χ3n) is 2.48. The van der Waals surface area contributed by atoms with Crippen molar-refractivity contribution in [3.05, 3.63) is 46.4 Å². The van der Waals surface area contributed by atoms with Crippen LogP contribution in [0.3, 0.4) is 0 Å². The number of ether oxygens (including phenoxy) is 1. The Balaban J connectivity index is 2.39. The van der Waals surface area contributed by atoms with Crippen LogP contribution in [-0.4, -0.2) is 7.11 Å². The summed E-state index contributed by atoms with van der Waals surface area (Å²) in [5.74, 6) is 0.704. The summed E-state index contributed by atoms with van der Waals surface area (Å²) >= 11 is 12.2. The van der Waals surface area contributed by atoms with Gasteiger partial charge in [0.25, 0.3) is 0 Å². The fourth-order valence-electron chi connectivity index (χ4n) is 1.52. The van der Waals surface area contributed by atoms with Gasteiger partial charge in [0, 0.05) is 6.07 Å². The van der Waals surface area contributed by atoms with Crippen molar-refractivity contribution in [2.24, 2.45) is 0 Å². The van der Waals surface area contributed by atoms with Gasteiger partial charge in [-0.15, -0.1) is 0 Å². The molecule has 0 saturated carbocycles. The maximum absolute atomic E-state index is 6.09. The second-order valence-electron chi connectivity index (χ2n) is 3.67. The molecule has 0 heterocycles. The molecule has 2 aromatic carbocycles. The van der Waals surface area contributed by atoms with Gasteiger partial charge >= 0.3 is 0 Å². The van der Waals surface area contributed by atoms with E-state index in [-0.39, 0.29) is 0 Å². The van der Waals surface area contributed by atoms with E-state index in [4.69, 9.17) is 33.7 Å². The normalized spacial score (nSPS) is 10.2. The molecule has 2 aromatic rings. The van der Waals surface area contributed by atoms with E-state index in [0.717, 1.165) is 0 Å². The van der Waals surface area contributed by atoms with E-state index in [1.54, 1.807) is 43.5 Å². The van der Waals surface area contributed by atoms with Crippen molar-refractivity contribution in [2.45, 2.75) is 0 Å². The first-order chi connectivity index (χ1) is 8.61. The molecule has 3 N–H and O–H groups in total. The molecule has 0 spiro atoms. The van der Waals surface area contributed by atoms with Crippen LogP contribution in [0.25, 0.3) is 0 Å². The highest BCUT2D eigenvalue weighted by Gasteiger charge is 2.08. The molecule has 0 amide bonds. The highest BCUT2D eigenvalue weighted by atomic mass is 35.5. The van der Waals surface area contributed by atoms with Crippen molar-refractivity contribution in [1.82, 2.24) is 0 Å². The summed E-state index contributed by atoms with van der Waals surface area (Å²) in [5, 5.41) is 4.18. The summed E-state index contributed by atoms with van der Waals surface area (Å²) in [6, 6.07) is 10.6. The Hall–Kier alpha value is -1.58. The summed E-state index contributed by atoms with van der Waals surface area (Å²) in [4.78, 5) is 0. The maximum atomic E-state index is 6.09. The number of nitrogens with two attached hydrogens (primary N) is 1. The van der Waals surface area contributed by atoms with E-state index in [9.17, 15) is 0 Å². The van der Waals surface area contributed by atoms with Crippen molar-refractivity contribution in [3.63, 3.8) is 0 Å². The number of hydrogen-bond acceptors (Lipinski definition) is 3. The predicted octanol–water partition coefficient (Wildman–Crippen LogP) is 4.33. The zero-order chi connectivity index (χ0) is 13.1. The van der Waals surface area contributed by atoms with Crippen LogP contribution in [0.2, 0.25) is 10.0 Å². The minimum absolute atomic E-state index is 0.532. The van der Waals surface area contributed by atoms with Crippen LogP contribution >= 0.6 is 23.2 Å². The lowest BCUT2D eigenvalue weighted by molar-refractivity contribution is 0.415. The van der Waals surface area contributed by atoms with Crippen LogP contribution in [-0.2, 0) is 0 Å². The Morgan fingerprint density at radius 3 is 2.39 bits per heavy atom. The Bertz CT molecular complexity index is 553. The van der Waals surface area contributed by atoms with E-state index >= 15 is 0 Å². The molecule has 0 aromatic heterocycles. The molecule has 0 bridgehead atoms. The topological polar surface area (TPSA) is 47.3 Å². The Kier molecular flexibility index (Phi) is 3.84. The van der Waals surface area contributed by atoms with Gasteiger partial charge in [-0.25, -0.2) is 0 Å². The first-order valence-corrected chi connectivity index (χ1v) is 6.02. The number of para-hydroxylation sites is 1. The molecule has 2 rings (SSSR count). The maximum Gasteiger partial charge on any atom is 0.121 e. The standard InChI is InChI=1S/C13H12Cl2N2O/c1-18-8-5-6-11(16)12(7-8)17-13-9(14)3-2-4-10(13)15/h2-7,17H,16H2,1H3. The number of rotatable bonds is 3. The number of hydrogen-bond donors (Lipinski definition) is 2. The number of anilines is 3. The highest BCUT2D eigenvalue weighted by molar-refractivity contribution is 6.39. The zero-order valence-electron chi connectivity index (χ0n) is 9.71. The summed E-state index contributed by atoms with van der Waals surface area (Å²) < 4.78 is 5.15. The molecular weight excluding hydrogens is 271 g/mol. The Morgan fingerprint density at radius 1 is 1.11 bits per heavy atom. The second kappa shape index (κ2) is 5.38. The van der Waals surface area contributed by atoms with Gasteiger partial charge in [-0.1, -0.05) is 29.3 Å². The van der Waals surface area contributed by atoms with Crippen molar-refractivity contribution in [3.8, 4) is 5.75 Å². The highest BCUT2D eigenvalue weighted by Crippen LogP contribution is 2.35. The molecular formula is C13H12Cl2N2O. The summed E-state index contributed by atoms with van der Waals surface area (Å²) in [6.45, 7) is 0. The number of benzene rings is 2. The van der Waals surface area contributed by atoms with E-state index in [1.807, 2.05) is 0 Å². The van der Waals surface area contributed by atoms with Crippen molar-refractivity contribution in [2.75, 3.05) is 18.2 Å².